The second kappa shape index (κ2) is 7.35. The normalized spacial score (nSPS) is 13.2. The molecule has 0 fully saturated rings. The number of hydrogen-bond donors (Lipinski definition) is 2. The van der Waals surface area contributed by atoms with Crippen molar-refractivity contribution < 1.29 is 19.6 Å². The van der Waals surface area contributed by atoms with Crippen LogP contribution in [0.2, 0.25) is 0 Å². The van der Waals surface area contributed by atoms with Crippen molar-refractivity contribution in [3.05, 3.63) is 38.3 Å². The van der Waals surface area contributed by atoms with Crippen molar-refractivity contribution in [3.63, 3.8) is 0 Å². The van der Waals surface area contributed by atoms with E-state index in [2.05, 4.69) is 21.2 Å². The largest absolute Gasteiger partial charge is 0.480 e. The van der Waals surface area contributed by atoms with E-state index in [-0.39, 0.29) is 12.1 Å². The van der Waals surface area contributed by atoms with Crippen molar-refractivity contribution in [3.8, 4) is 0 Å². The number of halogens is 1. The van der Waals surface area contributed by atoms with E-state index in [1.165, 1.54) is 25.1 Å². The SMILES string of the molecule is CCCC(C)(NC(=O)Cc1ccc([N+](=O)[O-])cc1Br)C(=O)O. The third-order valence-electron chi connectivity index (χ3n) is 3.24. The van der Waals surface area contributed by atoms with Gasteiger partial charge in [-0.1, -0.05) is 35.3 Å². The highest BCUT2D eigenvalue weighted by Gasteiger charge is 2.33. The van der Waals surface area contributed by atoms with Crippen LogP contribution < -0.4 is 5.32 Å². The van der Waals surface area contributed by atoms with Crippen molar-refractivity contribution in [2.45, 2.75) is 38.6 Å². The van der Waals surface area contributed by atoms with Gasteiger partial charge in [-0.15, -0.1) is 0 Å². The quantitative estimate of drug-likeness (QED) is 0.564. The number of nitrogens with one attached hydrogen (secondary N) is 1. The maximum atomic E-state index is 12.0. The first-order chi connectivity index (χ1) is 10.2. The van der Waals surface area contributed by atoms with Crippen molar-refractivity contribution >= 4 is 33.5 Å². The maximum absolute atomic E-state index is 12.0. The lowest BCUT2D eigenvalue weighted by Crippen LogP contribution is -2.52. The molecular formula is C14H17BrN2O5. The lowest BCUT2D eigenvalue weighted by molar-refractivity contribution is -0.384. The van der Waals surface area contributed by atoms with Crippen LogP contribution in [-0.4, -0.2) is 27.4 Å². The van der Waals surface area contributed by atoms with Crippen LogP contribution in [0.1, 0.15) is 32.3 Å². The average Bonchev–Trinajstić information content (AvgIpc) is 2.40. The van der Waals surface area contributed by atoms with Crippen LogP contribution in [0.15, 0.2) is 22.7 Å². The Bertz CT molecular complexity index is 605. The number of carboxylic acid groups (broad SMARTS) is 1. The maximum Gasteiger partial charge on any atom is 0.329 e. The molecule has 0 saturated heterocycles. The van der Waals surface area contributed by atoms with Gasteiger partial charge < -0.3 is 10.4 Å². The molecule has 0 radical (unpaired) electrons. The fourth-order valence-corrected chi connectivity index (χ4v) is 2.55. The second-order valence-corrected chi connectivity index (χ2v) is 6.00. The van der Waals surface area contributed by atoms with Crippen LogP contribution in [0.3, 0.4) is 0 Å². The van der Waals surface area contributed by atoms with Crippen LogP contribution in [0.5, 0.6) is 0 Å². The number of hydrogen-bond acceptors (Lipinski definition) is 4. The van der Waals surface area contributed by atoms with Gasteiger partial charge in [0.25, 0.3) is 5.69 Å². The number of benzene rings is 1. The molecule has 0 aliphatic rings. The van der Waals surface area contributed by atoms with Gasteiger partial charge in [-0.25, -0.2) is 4.79 Å². The summed E-state index contributed by atoms with van der Waals surface area (Å²) < 4.78 is 0.435. The summed E-state index contributed by atoms with van der Waals surface area (Å²) in [6, 6.07) is 4.08. The topological polar surface area (TPSA) is 110 Å². The Balaban J connectivity index is 2.85. The number of carbonyl (C=O) groups excluding carboxylic acids is 1. The summed E-state index contributed by atoms with van der Waals surface area (Å²) in [6.07, 6.45) is 0.866. The zero-order valence-electron chi connectivity index (χ0n) is 12.3. The molecule has 22 heavy (non-hydrogen) atoms. The van der Waals surface area contributed by atoms with Gasteiger partial charge in [-0.2, -0.15) is 0 Å². The van der Waals surface area contributed by atoms with E-state index in [1.807, 2.05) is 6.92 Å². The highest BCUT2D eigenvalue weighted by Crippen LogP contribution is 2.23. The highest BCUT2D eigenvalue weighted by molar-refractivity contribution is 9.10. The van der Waals surface area contributed by atoms with Gasteiger partial charge >= 0.3 is 5.97 Å². The molecular weight excluding hydrogens is 356 g/mol. The van der Waals surface area contributed by atoms with E-state index in [4.69, 9.17) is 0 Å². The number of amides is 1. The smallest absolute Gasteiger partial charge is 0.329 e. The van der Waals surface area contributed by atoms with Crippen LogP contribution in [0, 0.1) is 10.1 Å². The van der Waals surface area contributed by atoms with Crippen LogP contribution in [0.4, 0.5) is 5.69 Å². The number of non-ortho nitro benzene ring substituents is 1. The molecule has 0 heterocycles. The van der Waals surface area contributed by atoms with Gasteiger partial charge in [0.2, 0.25) is 5.91 Å². The molecule has 120 valence electrons. The Morgan fingerprint density at radius 3 is 2.55 bits per heavy atom. The molecule has 1 unspecified atom stereocenters. The van der Waals surface area contributed by atoms with E-state index >= 15 is 0 Å². The molecule has 0 spiro atoms. The van der Waals surface area contributed by atoms with E-state index < -0.39 is 22.3 Å². The summed E-state index contributed by atoms with van der Waals surface area (Å²) in [5.41, 5.74) is -0.858. The molecule has 1 atom stereocenters. The Morgan fingerprint density at radius 2 is 2.09 bits per heavy atom. The zero-order chi connectivity index (χ0) is 16.9. The van der Waals surface area contributed by atoms with Gasteiger partial charge in [0.15, 0.2) is 0 Å². The van der Waals surface area contributed by atoms with Crippen molar-refractivity contribution in [2.75, 3.05) is 0 Å². The average molecular weight is 373 g/mol. The minimum Gasteiger partial charge on any atom is -0.480 e. The van der Waals surface area contributed by atoms with E-state index in [0.29, 0.717) is 22.9 Å². The Labute approximate surface area is 136 Å². The first-order valence-corrected chi connectivity index (χ1v) is 7.46. The molecule has 1 aromatic carbocycles. The molecule has 1 aromatic rings. The third kappa shape index (κ3) is 4.52. The van der Waals surface area contributed by atoms with Gasteiger partial charge in [0.1, 0.15) is 5.54 Å². The van der Waals surface area contributed by atoms with Gasteiger partial charge in [0, 0.05) is 16.6 Å². The molecule has 8 heteroatoms. The number of aliphatic carboxylic acids is 1. The van der Waals surface area contributed by atoms with Crippen LogP contribution in [0.25, 0.3) is 0 Å². The predicted molar refractivity (Wildman–Crippen MR) is 83.6 cm³/mol. The van der Waals surface area contributed by atoms with Gasteiger partial charge in [0.05, 0.1) is 11.3 Å². The number of rotatable bonds is 7. The molecule has 0 aliphatic carbocycles. The fraction of sp³-hybridized carbons (Fsp3) is 0.429. The third-order valence-corrected chi connectivity index (χ3v) is 3.97. The lowest BCUT2D eigenvalue weighted by Gasteiger charge is -2.25. The summed E-state index contributed by atoms with van der Waals surface area (Å²) in [5, 5.41) is 22.4. The van der Waals surface area contributed by atoms with Gasteiger partial charge in [-0.3, -0.25) is 14.9 Å². The van der Waals surface area contributed by atoms with E-state index in [0.717, 1.165) is 0 Å². The molecule has 0 bridgehead atoms. The molecule has 2 N–H and O–H groups in total. The molecule has 0 aromatic heterocycles. The van der Waals surface area contributed by atoms with E-state index in [9.17, 15) is 24.8 Å². The molecule has 1 rings (SSSR count). The predicted octanol–water partition coefficient (Wildman–Crippen LogP) is 2.66. The Hall–Kier alpha value is -1.96. The first-order valence-electron chi connectivity index (χ1n) is 6.67. The number of carboxylic acids is 1. The monoisotopic (exact) mass is 372 g/mol. The Kier molecular flexibility index (Phi) is 6.04. The zero-order valence-corrected chi connectivity index (χ0v) is 13.8. The highest BCUT2D eigenvalue weighted by atomic mass is 79.9. The molecule has 7 nitrogen and oxygen atoms in total. The van der Waals surface area contributed by atoms with E-state index in [1.54, 1.807) is 0 Å². The lowest BCUT2D eigenvalue weighted by atomic mass is 9.96. The molecule has 1 amide bonds. The second-order valence-electron chi connectivity index (χ2n) is 5.15. The first kappa shape index (κ1) is 18.1. The number of nitrogens with zero attached hydrogens (tertiary/aromatic N) is 1. The minimum absolute atomic E-state index is 0.0643. The summed E-state index contributed by atoms with van der Waals surface area (Å²) in [5.74, 6) is -1.54. The number of carbonyl (C=O) groups is 2. The standard InChI is InChI=1S/C14H17BrN2O5/c1-3-6-14(2,13(19)20)16-12(18)7-9-4-5-10(17(21)22)8-11(9)15/h4-5,8H,3,6-7H2,1-2H3,(H,16,18)(H,19,20). The molecule has 0 saturated carbocycles. The van der Waals surface area contributed by atoms with Crippen LogP contribution >= 0.6 is 15.9 Å². The number of nitro benzene ring substituents is 1. The minimum atomic E-state index is -1.32. The van der Waals surface area contributed by atoms with Crippen LogP contribution in [-0.2, 0) is 16.0 Å². The Morgan fingerprint density at radius 1 is 1.45 bits per heavy atom. The summed E-state index contributed by atoms with van der Waals surface area (Å²) in [7, 11) is 0. The summed E-state index contributed by atoms with van der Waals surface area (Å²) in [4.78, 5) is 33.5. The molecule has 0 aliphatic heterocycles. The van der Waals surface area contributed by atoms with Crippen molar-refractivity contribution in [1.29, 1.82) is 0 Å². The van der Waals surface area contributed by atoms with Crippen molar-refractivity contribution in [2.24, 2.45) is 0 Å². The fourth-order valence-electron chi connectivity index (χ4n) is 2.04. The number of nitro groups is 1. The summed E-state index contributed by atoms with van der Waals surface area (Å²) in [6.45, 7) is 3.29. The van der Waals surface area contributed by atoms with Crippen molar-refractivity contribution in [1.82, 2.24) is 5.32 Å². The van der Waals surface area contributed by atoms with Gasteiger partial charge in [-0.05, 0) is 18.9 Å². The summed E-state index contributed by atoms with van der Waals surface area (Å²) >= 11 is 3.18.